The third kappa shape index (κ3) is 3.51. The molecule has 3 aliphatic rings. The number of hydrogen-bond donors (Lipinski definition) is 2. The molecule has 3 fully saturated rings. The molecule has 2 aliphatic carbocycles. The molecule has 1 saturated heterocycles. The van der Waals surface area contributed by atoms with Crippen LogP contribution in [0.4, 0.5) is 13.2 Å². The number of piperazine rings is 1. The number of imidazole rings is 1. The zero-order valence-corrected chi connectivity index (χ0v) is 17.5. The number of carbonyl (C=O) groups is 1. The number of rotatable bonds is 3. The second-order valence-electron chi connectivity index (χ2n) is 9.19. The predicted octanol–water partition coefficient (Wildman–Crippen LogP) is 3.25. The van der Waals surface area contributed by atoms with Crippen molar-refractivity contribution >= 4 is 16.9 Å². The fraction of sp³-hybridized carbons (Fsp3) is 0.636. The van der Waals surface area contributed by atoms with Crippen molar-refractivity contribution in [2.45, 2.75) is 62.3 Å². The number of nitrogens with zero attached hydrogens (tertiary/aromatic N) is 3. The van der Waals surface area contributed by atoms with Gasteiger partial charge in [-0.05, 0) is 55.7 Å². The Bertz CT molecular complexity index is 1030. The van der Waals surface area contributed by atoms with Gasteiger partial charge in [0.25, 0.3) is 0 Å². The van der Waals surface area contributed by atoms with E-state index >= 15 is 0 Å². The lowest BCUT2D eigenvalue weighted by Gasteiger charge is -2.48. The van der Waals surface area contributed by atoms with Gasteiger partial charge in [-0.3, -0.25) is 9.69 Å². The number of hydrogen-bond acceptors (Lipinski definition) is 4. The Morgan fingerprint density at radius 2 is 2.00 bits per heavy atom. The third-order valence-electron chi connectivity index (χ3n) is 7.14. The minimum Gasteiger partial charge on any atom is -0.375 e. The highest BCUT2D eigenvalue weighted by Gasteiger charge is 2.48. The van der Waals surface area contributed by atoms with Crippen LogP contribution in [0.5, 0.6) is 0 Å². The summed E-state index contributed by atoms with van der Waals surface area (Å²) in [5.41, 5.74) is -0.899. The molecule has 0 radical (unpaired) electrons. The summed E-state index contributed by atoms with van der Waals surface area (Å²) in [5.74, 6) is 0.0291. The first-order valence-electron chi connectivity index (χ1n) is 11.0. The van der Waals surface area contributed by atoms with Gasteiger partial charge < -0.3 is 15.0 Å². The number of nitrogens with one attached hydrogen (secondary N) is 1. The fourth-order valence-electron chi connectivity index (χ4n) is 5.33. The first-order chi connectivity index (χ1) is 14.7. The van der Waals surface area contributed by atoms with Crippen LogP contribution in [0.15, 0.2) is 12.1 Å². The number of aryl methyl sites for hydroxylation is 1. The van der Waals surface area contributed by atoms with Gasteiger partial charge in [-0.25, -0.2) is 4.98 Å². The lowest BCUT2D eigenvalue weighted by molar-refractivity contribution is -0.163. The average Bonchev–Trinajstić information content (AvgIpc) is 3.52. The first-order valence-corrected chi connectivity index (χ1v) is 11.0. The van der Waals surface area contributed by atoms with Crippen LogP contribution in [-0.2, 0) is 18.0 Å². The number of alkyl halides is 3. The highest BCUT2D eigenvalue weighted by molar-refractivity contribution is 5.82. The van der Waals surface area contributed by atoms with Crippen molar-refractivity contribution in [1.29, 1.82) is 0 Å². The number of benzene rings is 1. The van der Waals surface area contributed by atoms with E-state index in [9.17, 15) is 23.1 Å². The van der Waals surface area contributed by atoms with Crippen LogP contribution in [0, 0.1) is 0 Å². The molecule has 1 aliphatic heterocycles. The molecular formula is C22H27F3N4O2. The van der Waals surface area contributed by atoms with Gasteiger partial charge in [0.1, 0.15) is 17.1 Å². The summed E-state index contributed by atoms with van der Waals surface area (Å²) in [5, 5.41) is 14.5. The molecule has 5 rings (SSSR count). The Hall–Kier alpha value is -2.13. The smallest absolute Gasteiger partial charge is 0.375 e. The topological polar surface area (TPSA) is 70.4 Å². The van der Waals surface area contributed by atoms with E-state index in [1.807, 2.05) is 6.07 Å². The maximum absolute atomic E-state index is 13.9. The van der Waals surface area contributed by atoms with Crippen LogP contribution in [0.25, 0.3) is 11.0 Å². The molecule has 2 N–H and O–H groups in total. The number of halogens is 3. The lowest BCUT2D eigenvalue weighted by atomic mass is 9.79. The Balaban J connectivity index is 1.63. The van der Waals surface area contributed by atoms with Gasteiger partial charge in [-0.2, -0.15) is 13.2 Å². The standard InChI is InChI=1S/C22H27F3N4O2/c1-28-17-11-14(13-5-6-13)10-16(22(23,24)25)19(17)27-20(28)15-4-2-3-7-21(15,31)29-9-8-26-18(30)12-29/h10-11,13,15,31H,2-9,12H2,1H3,(H,26,30). The summed E-state index contributed by atoms with van der Waals surface area (Å²) in [6.07, 6.45) is 0.0585. The van der Waals surface area contributed by atoms with E-state index in [1.54, 1.807) is 16.5 Å². The Morgan fingerprint density at radius 1 is 1.23 bits per heavy atom. The minimum absolute atomic E-state index is 0.0567. The van der Waals surface area contributed by atoms with Gasteiger partial charge in [0.15, 0.2) is 0 Å². The summed E-state index contributed by atoms with van der Waals surface area (Å²) < 4.78 is 43.4. The minimum atomic E-state index is -4.50. The van der Waals surface area contributed by atoms with Gasteiger partial charge in [0, 0.05) is 20.1 Å². The lowest BCUT2D eigenvalue weighted by Crippen LogP contribution is -2.61. The predicted molar refractivity (Wildman–Crippen MR) is 108 cm³/mol. The summed E-state index contributed by atoms with van der Waals surface area (Å²) in [6, 6.07) is 3.08. The van der Waals surface area contributed by atoms with E-state index in [1.165, 1.54) is 6.07 Å². The van der Waals surface area contributed by atoms with Crippen molar-refractivity contribution in [2.24, 2.45) is 7.05 Å². The first kappa shape index (κ1) is 20.8. The number of carbonyl (C=O) groups excluding carboxylic acids is 1. The molecule has 0 bridgehead atoms. The highest BCUT2D eigenvalue weighted by atomic mass is 19.4. The number of fused-ring (bicyclic) bond motifs is 1. The molecule has 1 aromatic heterocycles. The maximum atomic E-state index is 13.9. The molecule has 2 atom stereocenters. The highest BCUT2D eigenvalue weighted by Crippen LogP contribution is 2.47. The van der Waals surface area contributed by atoms with E-state index < -0.39 is 23.4 Å². The SMILES string of the molecule is Cn1c(C2CCCCC2(O)N2CCNC(=O)C2)nc2c(C(F)(F)F)cc(C3CC3)cc21. The molecule has 6 nitrogen and oxygen atoms in total. The van der Waals surface area contributed by atoms with Gasteiger partial charge >= 0.3 is 6.18 Å². The van der Waals surface area contributed by atoms with Gasteiger partial charge in [0.05, 0.1) is 23.5 Å². The van der Waals surface area contributed by atoms with E-state index in [-0.39, 0.29) is 23.9 Å². The molecule has 9 heteroatoms. The van der Waals surface area contributed by atoms with E-state index in [2.05, 4.69) is 10.3 Å². The van der Waals surface area contributed by atoms with Crippen LogP contribution in [0.2, 0.25) is 0 Å². The van der Waals surface area contributed by atoms with Crippen molar-refractivity contribution in [3.8, 4) is 0 Å². The molecule has 2 heterocycles. The zero-order chi connectivity index (χ0) is 22.0. The fourth-order valence-corrected chi connectivity index (χ4v) is 5.33. The van der Waals surface area contributed by atoms with E-state index in [0.29, 0.717) is 42.8 Å². The second-order valence-corrected chi connectivity index (χ2v) is 9.19. The van der Waals surface area contributed by atoms with Crippen molar-refractivity contribution in [1.82, 2.24) is 19.8 Å². The second kappa shape index (κ2) is 7.20. The zero-order valence-electron chi connectivity index (χ0n) is 17.5. The summed E-state index contributed by atoms with van der Waals surface area (Å²) in [7, 11) is 1.74. The normalized spacial score (nSPS) is 28.2. The van der Waals surface area contributed by atoms with E-state index in [0.717, 1.165) is 25.7 Å². The Labute approximate surface area is 178 Å². The van der Waals surface area contributed by atoms with Gasteiger partial charge in [0.2, 0.25) is 5.91 Å². The molecule has 168 valence electrons. The molecule has 2 unspecified atom stereocenters. The Kier molecular flexibility index (Phi) is 4.82. The molecule has 2 aromatic rings. The van der Waals surface area contributed by atoms with Gasteiger partial charge in [-0.1, -0.05) is 6.42 Å². The summed E-state index contributed by atoms with van der Waals surface area (Å²) in [6.45, 7) is 1.03. The number of aliphatic hydroxyl groups is 1. The molecule has 2 saturated carbocycles. The van der Waals surface area contributed by atoms with E-state index in [4.69, 9.17) is 0 Å². The van der Waals surface area contributed by atoms with Crippen molar-refractivity contribution < 1.29 is 23.1 Å². The molecular weight excluding hydrogens is 409 g/mol. The van der Waals surface area contributed by atoms with Crippen molar-refractivity contribution in [2.75, 3.05) is 19.6 Å². The number of amides is 1. The summed E-state index contributed by atoms with van der Waals surface area (Å²) >= 11 is 0. The summed E-state index contributed by atoms with van der Waals surface area (Å²) in [4.78, 5) is 18.2. The van der Waals surface area contributed by atoms with Crippen LogP contribution >= 0.6 is 0 Å². The number of aromatic nitrogens is 2. The van der Waals surface area contributed by atoms with Crippen LogP contribution < -0.4 is 5.32 Å². The molecule has 31 heavy (non-hydrogen) atoms. The third-order valence-corrected chi connectivity index (χ3v) is 7.14. The van der Waals surface area contributed by atoms with Crippen LogP contribution in [-0.4, -0.2) is 50.8 Å². The molecule has 1 aromatic carbocycles. The van der Waals surface area contributed by atoms with Crippen LogP contribution in [0.1, 0.15) is 67.3 Å². The average molecular weight is 436 g/mol. The molecule has 1 amide bonds. The van der Waals surface area contributed by atoms with Crippen molar-refractivity contribution in [3.05, 3.63) is 29.1 Å². The maximum Gasteiger partial charge on any atom is 0.418 e. The molecule has 0 spiro atoms. The largest absolute Gasteiger partial charge is 0.418 e. The van der Waals surface area contributed by atoms with Crippen LogP contribution in [0.3, 0.4) is 0 Å². The Morgan fingerprint density at radius 3 is 2.68 bits per heavy atom. The van der Waals surface area contributed by atoms with Crippen molar-refractivity contribution in [3.63, 3.8) is 0 Å². The van der Waals surface area contributed by atoms with Gasteiger partial charge in [-0.15, -0.1) is 0 Å². The monoisotopic (exact) mass is 436 g/mol. The quantitative estimate of drug-likeness (QED) is 0.775.